The van der Waals surface area contributed by atoms with E-state index in [0.717, 1.165) is 36.5 Å². The number of nitrogens with one attached hydrogen (secondary N) is 2. The zero-order chi connectivity index (χ0) is 15.2. The summed E-state index contributed by atoms with van der Waals surface area (Å²) in [5.74, 6) is 0.155. The van der Waals surface area contributed by atoms with E-state index in [9.17, 15) is 8.42 Å². The van der Waals surface area contributed by atoms with Crippen LogP contribution in [0.2, 0.25) is 0 Å². The molecule has 0 saturated heterocycles. The van der Waals surface area contributed by atoms with Crippen molar-refractivity contribution in [3.63, 3.8) is 0 Å². The van der Waals surface area contributed by atoms with E-state index in [1.165, 1.54) is 0 Å². The number of aryl methyl sites for hydroxylation is 2. The molecule has 0 amide bonds. The highest BCUT2D eigenvalue weighted by Crippen LogP contribution is 2.11. The lowest BCUT2D eigenvalue weighted by Crippen LogP contribution is -2.28. The molecule has 1 heterocycles. The summed E-state index contributed by atoms with van der Waals surface area (Å²) in [6.07, 6.45) is 1.69. The molecule has 0 aromatic carbocycles. The van der Waals surface area contributed by atoms with Crippen molar-refractivity contribution in [3.05, 3.63) is 17.0 Å². The van der Waals surface area contributed by atoms with E-state index in [1.54, 1.807) is 4.68 Å². The van der Waals surface area contributed by atoms with E-state index in [4.69, 9.17) is 0 Å². The molecule has 2 N–H and O–H groups in total. The van der Waals surface area contributed by atoms with Crippen LogP contribution >= 0.6 is 0 Å². The molecule has 0 aliphatic heterocycles. The van der Waals surface area contributed by atoms with Crippen LogP contribution in [0.25, 0.3) is 0 Å². The van der Waals surface area contributed by atoms with Crippen LogP contribution in [0.3, 0.4) is 0 Å². The second-order valence-electron chi connectivity index (χ2n) is 5.02. The molecule has 20 heavy (non-hydrogen) atoms. The zero-order valence-corrected chi connectivity index (χ0v) is 13.7. The Kier molecular flexibility index (Phi) is 6.64. The summed E-state index contributed by atoms with van der Waals surface area (Å²) in [4.78, 5) is 0. The molecule has 1 aromatic heterocycles. The summed E-state index contributed by atoms with van der Waals surface area (Å²) in [5, 5.41) is 7.48. The lowest BCUT2D eigenvalue weighted by atomic mass is 10.2. The van der Waals surface area contributed by atoms with Crippen LogP contribution in [-0.2, 0) is 23.6 Å². The van der Waals surface area contributed by atoms with E-state index in [0.29, 0.717) is 13.0 Å². The van der Waals surface area contributed by atoms with Gasteiger partial charge in [0.1, 0.15) is 0 Å². The first-order valence-electron chi connectivity index (χ1n) is 7.04. The van der Waals surface area contributed by atoms with Crippen LogP contribution < -0.4 is 10.0 Å². The number of aromatic nitrogens is 2. The second-order valence-corrected chi connectivity index (χ2v) is 6.94. The summed E-state index contributed by atoms with van der Waals surface area (Å²) in [6, 6.07) is 0. The molecule has 0 aliphatic rings. The third-order valence-corrected chi connectivity index (χ3v) is 4.73. The summed E-state index contributed by atoms with van der Waals surface area (Å²) < 4.78 is 28.2. The van der Waals surface area contributed by atoms with Gasteiger partial charge in [-0.2, -0.15) is 5.10 Å². The Morgan fingerprint density at radius 2 is 1.95 bits per heavy atom. The van der Waals surface area contributed by atoms with Gasteiger partial charge in [-0.1, -0.05) is 6.92 Å². The smallest absolute Gasteiger partial charge is 0.211 e. The van der Waals surface area contributed by atoms with Crippen molar-refractivity contribution in [1.82, 2.24) is 19.8 Å². The predicted molar refractivity (Wildman–Crippen MR) is 81.1 cm³/mol. The van der Waals surface area contributed by atoms with Gasteiger partial charge in [0.2, 0.25) is 10.0 Å². The fraction of sp³-hybridized carbons (Fsp3) is 0.769. The third kappa shape index (κ3) is 5.22. The minimum absolute atomic E-state index is 0.155. The van der Waals surface area contributed by atoms with Gasteiger partial charge in [0.15, 0.2) is 0 Å². The Bertz CT molecular complexity index is 523. The Balaban J connectivity index is 2.43. The molecule has 0 radical (unpaired) electrons. The summed E-state index contributed by atoms with van der Waals surface area (Å²) in [5.41, 5.74) is 2.83. The van der Waals surface area contributed by atoms with Gasteiger partial charge in [0.25, 0.3) is 0 Å². The molecule has 0 saturated carbocycles. The molecule has 1 rings (SSSR count). The van der Waals surface area contributed by atoms with E-state index < -0.39 is 10.0 Å². The van der Waals surface area contributed by atoms with Crippen molar-refractivity contribution < 1.29 is 8.42 Å². The van der Waals surface area contributed by atoms with Crippen LogP contribution in [0, 0.1) is 13.8 Å². The number of hydrogen-bond donors (Lipinski definition) is 2. The largest absolute Gasteiger partial charge is 0.317 e. The van der Waals surface area contributed by atoms with Crippen LogP contribution in [-0.4, -0.2) is 37.0 Å². The molecule has 0 fully saturated rings. The van der Waals surface area contributed by atoms with Crippen LogP contribution in [0.5, 0.6) is 0 Å². The first-order chi connectivity index (χ1) is 9.37. The second kappa shape index (κ2) is 7.75. The molecule has 0 spiro atoms. The Morgan fingerprint density at radius 1 is 1.25 bits per heavy atom. The van der Waals surface area contributed by atoms with E-state index in [2.05, 4.69) is 22.1 Å². The Hall–Kier alpha value is -0.920. The van der Waals surface area contributed by atoms with Crippen molar-refractivity contribution in [1.29, 1.82) is 0 Å². The van der Waals surface area contributed by atoms with Crippen LogP contribution in [0.15, 0.2) is 0 Å². The molecule has 0 atom stereocenters. The predicted octanol–water partition coefficient (Wildman–Crippen LogP) is 0.846. The number of rotatable bonds is 9. The highest BCUT2D eigenvalue weighted by Gasteiger charge is 2.14. The lowest BCUT2D eigenvalue weighted by Gasteiger charge is -2.07. The van der Waals surface area contributed by atoms with Gasteiger partial charge in [-0.25, -0.2) is 13.1 Å². The van der Waals surface area contributed by atoms with E-state index in [1.807, 2.05) is 20.9 Å². The molecule has 0 bridgehead atoms. The highest BCUT2D eigenvalue weighted by molar-refractivity contribution is 7.89. The van der Waals surface area contributed by atoms with Crippen molar-refractivity contribution in [3.8, 4) is 0 Å². The molecular formula is C13H26N4O2S. The van der Waals surface area contributed by atoms with Gasteiger partial charge in [0, 0.05) is 24.8 Å². The van der Waals surface area contributed by atoms with Crippen molar-refractivity contribution in [2.75, 3.05) is 18.8 Å². The maximum absolute atomic E-state index is 11.9. The van der Waals surface area contributed by atoms with Crippen molar-refractivity contribution in [2.24, 2.45) is 7.05 Å². The monoisotopic (exact) mass is 302 g/mol. The van der Waals surface area contributed by atoms with Crippen LogP contribution in [0.4, 0.5) is 0 Å². The summed E-state index contributed by atoms with van der Waals surface area (Å²) in [7, 11) is -1.36. The normalized spacial score (nSPS) is 12.0. The SMILES string of the molecule is CCCNCCCS(=O)(=O)NCc1c(C)nn(C)c1C. The van der Waals surface area contributed by atoms with Crippen molar-refractivity contribution in [2.45, 2.75) is 40.2 Å². The highest BCUT2D eigenvalue weighted by atomic mass is 32.2. The fourth-order valence-corrected chi connectivity index (χ4v) is 3.05. The quantitative estimate of drug-likeness (QED) is 0.663. The van der Waals surface area contributed by atoms with Gasteiger partial charge < -0.3 is 5.32 Å². The fourth-order valence-electron chi connectivity index (χ4n) is 2.02. The zero-order valence-electron chi connectivity index (χ0n) is 12.9. The minimum Gasteiger partial charge on any atom is -0.317 e. The average Bonchev–Trinajstić information content (AvgIpc) is 2.61. The van der Waals surface area contributed by atoms with E-state index in [-0.39, 0.29) is 5.75 Å². The molecule has 116 valence electrons. The van der Waals surface area contributed by atoms with Gasteiger partial charge in [-0.3, -0.25) is 4.68 Å². The van der Waals surface area contributed by atoms with Gasteiger partial charge in [0.05, 0.1) is 11.4 Å². The molecular weight excluding hydrogens is 276 g/mol. The number of sulfonamides is 1. The summed E-state index contributed by atoms with van der Waals surface area (Å²) in [6.45, 7) is 7.91. The van der Waals surface area contributed by atoms with E-state index >= 15 is 0 Å². The summed E-state index contributed by atoms with van der Waals surface area (Å²) >= 11 is 0. The van der Waals surface area contributed by atoms with Gasteiger partial charge in [-0.15, -0.1) is 0 Å². The molecule has 7 heteroatoms. The Labute approximate surface area is 122 Å². The standard InChI is InChI=1S/C13H26N4O2S/c1-5-7-14-8-6-9-20(18,19)15-10-13-11(2)16-17(4)12(13)3/h14-15H,5-10H2,1-4H3. The lowest BCUT2D eigenvalue weighted by molar-refractivity contribution is 0.574. The Morgan fingerprint density at radius 3 is 2.50 bits per heavy atom. The molecule has 0 unspecified atom stereocenters. The van der Waals surface area contributed by atoms with Gasteiger partial charge >= 0.3 is 0 Å². The van der Waals surface area contributed by atoms with Crippen molar-refractivity contribution >= 4 is 10.0 Å². The first-order valence-corrected chi connectivity index (χ1v) is 8.69. The number of nitrogens with zero attached hydrogens (tertiary/aromatic N) is 2. The molecule has 1 aromatic rings. The first kappa shape index (κ1) is 17.1. The third-order valence-electron chi connectivity index (χ3n) is 3.32. The topological polar surface area (TPSA) is 76.0 Å². The molecule has 6 nitrogen and oxygen atoms in total. The minimum atomic E-state index is -3.22. The molecule has 0 aliphatic carbocycles. The van der Waals surface area contributed by atoms with Gasteiger partial charge in [-0.05, 0) is 39.8 Å². The number of hydrogen-bond acceptors (Lipinski definition) is 4. The average molecular weight is 302 g/mol. The van der Waals surface area contributed by atoms with Crippen LogP contribution in [0.1, 0.15) is 36.7 Å². The maximum atomic E-state index is 11.9. The maximum Gasteiger partial charge on any atom is 0.211 e.